The average Bonchev–Trinajstić information content (AvgIpc) is 3.23. The summed E-state index contributed by atoms with van der Waals surface area (Å²) in [5.41, 5.74) is 10.2. The van der Waals surface area contributed by atoms with Crippen LogP contribution in [0.15, 0.2) is 54.6 Å². The molecule has 0 atom stereocenters. The van der Waals surface area contributed by atoms with Crippen LogP contribution in [0.2, 0.25) is 0 Å². The Morgan fingerprint density at radius 1 is 0.839 bits per heavy atom. The fourth-order valence-electron chi connectivity index (χ4n) is 3.75. The van der Waals surface area contributed by atoms with Crippen LogP contribution in [0.3, 0.4) is 0 Å². The normalized spacial score (nSPS) is 11.7. The third-order valence-corrected chi connectivity index (χ3v) is 6.05. The van der Waals surface area contributed by atoms with Gasteiger partial charge in [-0.05, 0) is 80.6 Å². The predicted octanol–water partition coefficient (Wildman–Crippen LogP) is 6.03. The Bertz CT molecular complexity index is 1250. The summed E-state index contributed by atoms with van der Waals surface area (Å²) in [6, 6.07) is 17.4. The summed E-state index contributed by atoms with van der Waals surface area (Å²) in [5, 5.41) is 3.07. The number of rotatable bonds is 4. The minimum absolute atomic E-state index is 0.166. The van der Waals surface area contributed by atoms with Gasteiger partial charge in [-0.2, -0.15) is 0 Å². The summed E-state index contributed by atoms with van der Waals surface area (Å²) in [5.74, 6) is 0.483. The van der Waals surface area contributed by atoms with Gasteiger partial charge >= 0.3 is 0 Å². The number of carbonyl (C=O) groups is 1. The van der Waals surface area contributed by atoms with Crippen LogP contribution in [0.5, 0.6) is 0 Å². The van der Waals surface area contributed by atoms with Crippen LogP contribution in [-0.4, -0.2) is 15.9 Å². The first kappa shape index (κ1) is 20.6. The van der Waals surface area contributed by atoms with E-state index in [2.05, 4.69) is 57.1 Å². The third-order valence-electron chi connectivity index (χ3n) is 6.05. The number of H-pyrrole nitrogens is 1. The van der Waals surface area contributed by atoms with Crippen LogP contribution < -0.4 is 5.32 Å². The Morgan fingerprint density at radius 2 is 1.48 bits per heavy atom. The summed E-state index contributed by atoms with van der Waals surface area (Å²) >= 11 is 0. The molecule has 0 aliphatic carbocycles. The van der Waals surface area contributed by atoms with E-state index in [0.717, 1.165) is 22.2 Å². The molecule has 0 unspecified atom stereocenters. The number of fused-ring (bicyclic) bond motifs is 1. The number of benzene rings is 3. The standard InChI is InChI=1S/C27H27N3O/c1-16-11-13-21(14-12-16)15-23(28-27(31)22-9-7-6-8-10-22)26-29-24-19(4)17(2)18(3)20(5)25(24)30-26/h6-15H,1-5H3,(H,28,31)(H,29,30). The maximum absolute atomic E-state index is 12.9. The van der Waals surface area contributed by atoms with Crippen molar-refractivity contribution in [2.75, 3.05) is 0 Å². The number of imidazole rings is 1. The highest BCUT2D eigenvalue weighted by Crippen LogP contribution is 2.29. The fraction of sp³-hybridized carbons (Fsp3) is 0.185. The van der Waals surface area contributed by atoms with E-state index in [9.17, 15) is 4.79 Å². The Morgan fingerprint density at radius 3 is 2.16 bits per heavy atom. The maximum Gasteiger partial charge on any atom is 0.255 e. The van der Waals surface area contributed by atoms with Crippen molar-refractivity contribution in [3.05, 3.63) is 99.4 Å². The summed E-state index contributed by atoms with van der Waals surface area (Å²) < 4.78 is 0. The van der Waals surface area contributed by atoms with Gasteiger partial charge in [0, 0.05) is 5.56 Å². The van der Waals surface area contributed by atoms with Gasteiger partial charge in [0.25, 0.3) is 5.91 Å². The lowest BCUT2D eigenvalue weighted by Gasteiger charge is -2.09. The van der Waals surface area contributed by atoms with Crippen LogP contribution in [0, 0.1) is 34.6 Å². The summed E-state index contributed by atoms with van der Waals surface area (Å²) in [4.78, 5) is 21.3. The van der Waals surface area contributed by atoms with Crippen molar-refractivity contribution in [1.82, 2.24) is 15.3 Å². The van der Waals surface area contributed by atoms with E-state index in [0.29, 0.717) is 17.1 Å². The third kappa shape index (κ3) is 4.02. The second-order valence-corrected chi connectivity index (χ2v) is 8.10. The molecule has 0 spiro atoms. The van der Waals surface area contributed by atoms with Crippen LogP contribution in [0.4, 0.5) is 0 Å². The first-order valence-corrected chi connectivity index (χ1v) is 10.5. The van der Waals surface area contributed by atoms with Gasteiger partial charge in [-0.1, -0.05) is 48.0 Å². The van der Waals surface area contributed by atoms with Crippen molar-refractivity contribution >= 4 is 28.7 Å². The second-order valence-electron chi connectivity index (χ2n) is 8.10. The number of hydrogen-bond donors (Lipinski definition) is 2. The first-order valence-electron chi connectivity index (χ1n) is 10.5. The lowest BCUT2D eigenvalue weighted by molar-refractivity contribution is 0.0973. The quantitative estimate of drug-likeness (QED) is 0.432. The molecule has 3 aromatic carbocycles. The molecule has 31 heavy (non-hydrogen) atoms. The highest BCUT2D eigenvalue weighted by molar-refractivity contribution is 6.02. The molecule has 4 aromatic rings. The number of nitrogens with one attached hydrogen (secondary N) is 2. The Labute approximate surface area is 183 Å². The van der Waals surface area contributed by atoms with Gasteiger partial charge < -0.3 is 10.3 Å². The molecule has 0 saturated carbocycles. The number of amides is 1. The Balaban J connectivity index is 1.84. The van der Waals surface area contributed by atoms with E-state index in [-0.39, 0.29) is 5.91 Å². The molecule has 1 heterocycles. The highest BCUT2D eigenvalue weighted by Gasteiger charge is 2.17. The molecular weight excluding hydrogens is 382 g/mol. The van der Waals surface area contributed by atoms with Crippen molar-refractivity contribution < 1.29 is 4.79 Å². The van der Waals surface area contributed by atoms with Crippen LogP contribution in [0.1, 0.15) is 49.6 Å². The molecule has 2 N–H and O–H groups in total. The van der Waals surface area contributed by atoms with Gasteiger partial charge in [0.05, 0.1) is 16.7 Å². The van der Waals surface area contributed by atoms with Gasteiger partial charge in [-0.3, -0.25) is 4.79 Å². The van der Waals surface area contributed by atoms with E-state index >= 15 is 0 Å². The van der Waals surface area contributed by atoms with Crippen LogP contribution in [0.25, 0.3) is 22.8 Å². The first-order chi connectivity index (χ1) is 14.8. The molecule has 0 aliphatic heterocycles. The van der Waals surface area contributed by atoms with Gasteiger partial charge in [-0.25, -0.2) is 4.98 Å². The van der Waals surface area contributed by atoms with Gasteiger partial charge in [0.15, 0.2) is 5.82 Å². The zero-order valence-electron chi connectivity index (χ0n) is 18.6. The zero-order chi connectivity index (χ0) is 22.1. The SMILES string of the molecule is Cc1ccc(C=C(NC(=O)c2ccccc2)c2nc3c(C)c(C)c(C)c(C)c3[nH]2)cc1. The van der Waals surface area contributed by atoms with Crippen LogP contribution in [-0.2, 0) is 0 Å². The van der Waals surface area contributed by atoms with E-state index < -0.39 is 0 Å². The van der Waals surface area contributed by atoms with E-state index in [1.807, 2.05) is 36.4 Å². The smallest absolute Gasteiger partial charge is 0.255 e. The van der Waals surface area contributed by atoms with Gasteiger partial charge in [0.2, 0.25) is 0 Å². The van der Waals surface area contributed by atoms with Crippen molar-refractivity contribution in [1.29, 1.82) is 0 Å². The monoisotopic (exact) mass is 409 g/mol. The predicted molar refractivity (Wildman–Crippen MR) is 128 cm³/mol. The summed E-state index contributed by atoms with van der Waals surface area (Å²) in [6.45, 7) is 10.5. The Hall–Kier alpha value is -3.66. The van der Waals surface area contributed by atoms with Crippen molar-refractivity contribution in [3.8, 4) is 0 Å². The molecule has 4 nitrogen and oxygen atoms in total. The van der Waals surface area contributed by atoms with Crippen molar-refractivity contribution in [3.63, 3.8) is 0 Å². The minimum Gasteiger partial charge on any atom is -0.336 e. The van der Waals surface area contributed by atoms with E-state index in [1.54, 1.807) is 12.1 Å². The van der Waals surface area contributed by atoms with E-state index in [1.165, 1.54) is 22.3 Å². The lowest BCUT2D eigenvalue weighted by atomic mass is 9.98. The fourth-order valence-corrected chi connectivity index (χ4v) is 3.75. The maximum atomic E-state index is 12.9. The second kappa shape index (κ2) is 8.23. The highest BCUT2D eigenvalue weighted by atomic mass is 16.1. The molecule has 1 amide bonds. The number of aromatic nitrogens is 2. The molecule has 0 fully saturated rings. The van der Waals surface area contributed by atoms with Crippen LogP contribution >= 0.6 is 0 Å². The van der Waals surface area contributed by atoms with Crippen molar-refractivity contribution in [2.24, 2.45) is 0 Å². The Kier molecular flexibility index (Phi) is 5.47. The summed E-state index contributed by atoms with van der Waals surface area (Å²) in [6.07, 6.45) is 1.96. The molecule has 0 saturated heterocycles. The molecule has 0 radical (unpaired) electrons. The molecular formula is C27H27N3O. The lowest BCUT2D eigenvalue weighted by Crippen LogP contribution is -2.22. The average molecular weight is 410 g/mol. The van der Waals surface area contributed by atoms with Gasteiger partial charge in [0.1, 0.15) is 0 Å². The molecule has 1 aromatic heterocycles. The van der Waals surface area contributed by atoms with Gasteiger partial charge in [-0.15, -0.1) is 0 Å². The number of aromatic amines is 1. The summed E-state index contributed by atoms with van der Waals surface area (Å²) in [7, 11) is 0. The minimum atomic E-state index is -0.166. The molecule has 0 aliphatic rings. The topological polar surface area (TPSA) is 57.8 Å². The molecule has 156 valence electrons. The van der Waals surface area contributed by atoms with E-state index in [4.69, 9.17) is 4.98 Å². The largest absolute Gasteiger partial charge is 0.336 e. The molecule has 4 heteroatoms. The number of carbonyl (C=O) groups excluding carboxylic acids is 1. The number of nitrogens with zero attached hydrogens (tertiary/aromatic N) is 1. The molecule has 4 rings (SSSR count). The number of aryl methyl sites for hydroxylation is 3. The number of hydrogen-bond acceptors (Lipinski definition) is 2. The zero-order valence-corrected chi connectivity index (χ0v) is 18.6. The molecule has 0 bridgehead atoms. The van der Waals surface area contributed by atoms with Crippen molar-refractivity contribution in [2.45, 2.75) is 34.6 Å².